The second-order valence-corrected chi connectivity index (χ2v) is 8.46. The van der Waals surface area contributed by atoms with E-state index in [0.717, 1.165) is 5.56 Å². The van der Waals surface area contributed by atoms with Crippen LogP contribution in [0.3, 0.4) is 0 Å². The zero-order chi connectivity index (χ0) is 20.6. The molecule has 2 amide bonds. The molecule has 1 fully saturated rings. The predicted octanol–water partition coefficient (Wildman–Crippen LogP) is 2.59. The second kappa shape index (κ2) is 7.55. The van der Waals surface area contributed by atoms with E-state index in [1.807, 2.05) is 25.1 Å². The number of nitrogens with one attached hydrogen (secondary N) is 1. The zero-order valence-corrected chi connectivity index (χ0v) is 17.1. The number of anilines is 1. The number of aromatic nitrogens is 2. The molecule has 29 heavy (non-hydrogen) atoms. The Morgan fingerprint density at radius 3 is 2.93 bits per heavy atom. The number of carbonyl (C=O) groups is 3. The first-order valence-corrected chi connectivity index (χ1v) is 10.4. The van der Waals surface area contributed by atoms with Crippen LogP contribution in [-0.2, 0) is 9.59 Å². The molecule has 1 N–H and O–H groups in total. The summed E-state index contributed by atoms with van der Waals surface area (Å²) in [6.45, 7) is 3.98. The van der Waals surface area contributed by atoms with Gasteiger partial charge in [0, 0.05) is 19.4 Å². The molecule has 0 bridgehead atoms. The maximum Gasteiger partial charge on any atom is 0.248 e. The number of amides is 2. The number of ether oxygens (including phenoxy) is 1. The van der Waals surface area contributed by atoms with Crippen molar-refractivity contribution < 1.29 is 19.1 Å². The SMILES string of the molecule is Cc1ccc2c(c1)C(=O)C[C@@]1(CCC(=O)N([C@@H](C)C(=O)Nc3nncs3)CC1)O2. The molecule has 0 radical (unpaired) electrons. The Morgan fingerprint density at radius 2 is 2.17 bits per heavy atom. The largest absolute Gasteiger partial charge is 0.486 e. The summed E-state index contributed by atoms with van der Waals surface area (Å²) >= 11 is 1.22. The highest BCUT2D eigenvalue weighted by molar-refractivity contribution is 7.13. The average molecular weight is 414 g/mol. The first kappa shape index (κ1) is 19.5. The number of aryl methyl sites for hydroxylation is 1. The Hall–Kier alpha value is -2.81. The maximum atomic E-state index is 12.8. The van der Waals surface area contributed by atoms with Gasteiger partial charge in [0.1, 0.15) is 22.9 Å². The number of hydrogen-bond donors (Lipinski definition) is 1. The smallest absolute Gasteiger partial charge is 0.248 e. The molecule has 0 unspecified atom stereocenters. The van der Waals surface area contributed by atoms with Crippen molar-refractivity contribution in [1.29, 1.82) is 0 Å². The van der Waals surface area contributed by atoms with Crippen LogP contribution in [0, 0.1) is 6.92 Å². The number of Topliss-reactive ketones (excluding diaryl/α,β-unsaturated/α-hetero) is 1. The molecule has 2 aliphatic heterocycles. The van der Waals surface area contributed by atoms with Crippen molar-refractivity contribution in [3.05, 3.63) is 34.8 Å². The van der Waals surface area contributed by atoms with E-state index in [-0.39, 0.29) is 30.4 Å². The van der Waals surface area contributed by atoms with Gasteiger partial charge in [-0.3, -0.25) is 19.7 Å². The number of rotatable bonds is 3. The monoisotopic (exact) mass is 414 g/mol. The highest BCUT2D eigenvalue weighted by Gasteiger charge is 2.44. The lowest BCUT2D eigenvalue weighted by Gasteiger charge is -2.37. The molecular formula is C20H22N4O4S. The highest BCUT2D eigenvalue weighted by Crippen LogP contribution is 2.40. The molecule has 1 aromatic heterocycles. The van der Waals surface area contributed by atoms with Crippen LogP contribution < -0.4 is 10.1 Å². The molecule has 2 aliphatic rings. The average Bonchev–Trinajstić information content (AvgIpc) is 3.14. The molecule has 9 heteroatoms. The number of carbonyl (C=O) groups excluding carboxylic acids is 3. The number of benzene rings is 1. The van der Waals surface area contributed by atoms with Gasteiger partial charge < -0.3 is 9.64 Å². The van der Waals surface area contributed by atoms with E-state index >= 15 is 0 Å². The first-order valence-electron chi connectivity index (χ1n) is 9.56. The van der Waals surface area contributed by atoms with E-state index in [9.17, 15) is 14.4 Å². The molecule has 2 atom stereocenters. The lowest BCUT2D eigenvalue weighted by molar-refractivity contribution is -0.137. The van der Waals surface area contributed by atoms with Gasteiger partial charge in [-0.25, -0.2) is 0 Å². The third-order valence-electron chi connectivity index (χ3n) is 5.60. The third-order valence-corrected chi connectivity index (χ3v) is 6.21. The molecule has 3 heterocycles. The van der Waals surface area contributed by atoms with E-state index in [0.29, 0.717) is 35.8 Å². The second-order valence-electron chi connectivity index (χ2n) is 7.63. The van der Waals surface area contributed by atoms with Crippen LogP contribution in [0.25, 0.3) is 0 Å². The summed E-state index contributed by atoms with van der Waals surface area (Å²) in [6, 6.07) is 4.93. The Labute approximate surface area is 172 Å². The molecule has 0 saturated carbocycles. The van der Waals surface area contributed by atoms with Crippen molar-refractivity contribution in [3.63, 3.8) is 0 Å². The minimum absolute atomic E-state index is 0.0397. The number of ketones is 1. The maximum absolute atomic E-state index is 12.8. The van der Waals surface area contributed by atoms with Crippen LogP contribution in [0.1, 0.15) is 48.5 Å². The molecule has 152 valence electrons. The van der Waals surface area contributed by atoms with E-state index < -0.39 is 11.6 Å². The number of hydrogen-bond acceptors (Lipinski definition) is 7. The van der Waals surface area contributed by atoms with Gasteiger partial charge in [0.05, 0.1) is 12.0 Å². The van der Waals surface area contributed by atoms with Gasteiger partial charge >= 0.3 is 0 Å². The standard InChI is InChI=1S/C20H22N4O4S/c1-12-3-4-16-14(9-12)15(25)10-20(28-16)6-5-17(26)24(8-7-20)13(2)18(27)22-19-23-21-11-29-19/h3-4,9,11,13H,5-8,10H2,1-2H3,(H,22,23,27)/t13-,20-/m0/s1. The number of nitrogens with zero attached hydrogens (tertiary/aromatic N) is 3. The van der Waals surface area contributed by atoms with Gasteiger partial charge in [-0.2, -0.15) is 0 Å². The van der Waals surface area contributed by atoms with Crippen molar-refractivity contribution in [1.82, 2.24) is 15.1 Å². The van der Waals surface area contributed by atoms with Crippen LogP contribution >= 0.6 is 11.3 Å². The minimum atomic E-state index is -0.709. The van der Waals surface area contributed by atoms with Crippen LogP contribution in [-0.4, -0.2) is 50.9 Å². The van der Waals surface area contributed by atoms with Crippen LogP contribution in [0.2, 0.25) is 0 Å². The zero-order valence-electron chi connectivity index (χ0n) is 16.3. The van der Waals surface area contributed by atoms with Crippen molar-refractivity contribution >= 4 is 34.1 Å². The topological polar surface area (TPSA) is 101 Å². The van der Waals surface area contributed by atoms with Crippen molar-refractivity contribution in [3.8, 4) is 5.75 Å². The summed E-state index contributed by atoms with van der Waals surface area (Å²) in [6.07, 6.45) is 1.42. The predicted molar refractivity (Wildman–Crippen MR) is 107 cm³/mol. The van der Waals surface area contributed by atoms with E-state index in [1.54, 1.807) is 11.8 Å². The Bertz CT molecular complexity index is 961. The molecule has 2 aromatic rings. The molecule has 4 rings (SSSR count). The van der Waals surface area contributed by atoms with Gasteiger partial charge in [0.15, 0.2) is 5.78 Å². The van der Waals surface area contributed by atoms with E-state index in [4.69, 9.17) is 4.74 Å². The molecular weight excluding hydrogens is 392 g/mol. The van der Waals surface area contributed by atoms with E-state index in [2.05, 4.69) is 15.5 Å². The quantitative estimate of drug-likeness (QED) is 0.828. The minimum Gasteiger partial charge on any atom is -0.486 e. The van der Waals surface area contributed by atoms with Gasteiger partial charge in [0.25, 0.3) is 0 Å². The van der Waals surface area contributed by atoms with Gasteiger partial charge in [-0.1, -0.05) is 23.0 Å². The normalized spacial score (nSPS) is 22.6. The fourth-order valence-electron chi connectivity index (χ4n) is 3.93. The van der Waals surface area contributed by atoms with Crippen LogP contribution in [0.4, 0.5) is 5.13 Å². The van der Waals surface area contributed by atoms with Crippen molar-refractivity contribution in [2.75, 3.05) is 11.9 Å². The Kier molecular flexibility index (Phi) is 5.08. The van der Waals surface area contributed by atoms with Gasteiger partial charge in [-0.05, 0) is 32.4 Å². The Morgan fingerprint density at radius 1 is 1.34 bits per heavy atom. The van der Waals surface area contributed by atoms with Crippen molar-refractivity contribution in [2.24, 2.45) is 0 Å². The first-order chi connectivity index (χ1) is 13.9. The molecule has 1 saturated heterocycles. The molecule has 0 aliphatic carbocycles. The summed E-state index contributed by atoms with van der Waals surface area (Å²) in [5.41, 5.74) is 2.43. The Balaban J connectivity index is 1.49. The lowest BCUT2D eigenvalue weighted by atomic mass is 9.84. The summed E-state index contributed by atoms with van der Waals surface area (Å²) in [5.74, 6) is 0.188. The van der Waals surface area contributed by atoms with Crippen LogP contribution in [0.15, 0.2) is 23.7 Å². The fraction of sp³-hybridized carbons (Fsp3) is 0.450. The van der Waals surface area contributed by atoms with Crippen LogP contribution in [0.5, 0.6) is 5.75 Å². The van der Waals surface area contributed by atoms with E-state index in [1.165, 1.54) is 16.8 Å². The third kappa shape index (κ3) is 3.87. The number of likely N-dealkylation sites (tertiary alicyclic amines) is 1. The molecule has 8 nitrogen and oxygen atoms in total. The molecule has 1 aromatic carbocycles. The molecule has 1 spiro atoms. The summed E-state index contributed by atoms with van der Waals surface area (Å²) in [4.78, 5) is 39.6. The fourth-order valence-corrected chi connectivity index (χ4v) is 4.38. The summed E-state index contributed by atoms with van der Waals surface area (Å²) in [7, 11) is 0. The lowest BCUT2D eigenvalue weighted by Crippen LogP contribution is -2.46. The van der Waals surface area contributed by atoms with Gasteiger partial charge in [0.2, 0.25) is 16.9 Å². The number of fused-ring (bicyclic) bond motifs is 1. The highest BCUT2D eigenvalue weighted by atomic mass is 32.1. The summed E-state index contributed by atoms with van der Waals surface area (Å²) < 4.78 is 6.27. The van der Waals surface area contributed by atoms with Crippen molar-refractivity contribution in [2.45, 2.75) is 51.2 Å². The van der Waals surface area contributed by atoms with Gasteiger partial charge in [-0.15, -0.1) is 10.2 Å². The summed E-state index contributed by atoms with van der Waals surface area (Å²) in [5, 5.41) is 10.6.